The largest absolute Gasteiger partial charge is 0.289 e. The fourth-order valence-electron chi connectivity index (χ4n) is 1.58. The maximum absolute atomic E-state index is 12.7. The van der Waals surface area contributed by atoms with Crippen LogP contribution in [0.2, 0.25) is 0 Å². The zero-order valence-corrected chi connectivity index (χ0v) is 10.3. The lowest BCUT2D eigenvalue weighted by atomic mass is 10.1. The van der Waals surface area contributed by atoms with E-state index < -0.39 is 0 Å². The lowest BCUT2D eigenvalue weighted by Crippen LogP contribution is -1.92. The van der Waals surface area contributed by atoms with Crippen molar-refractivity contribution in [2.24, 2.45) is 0 Å². The zero-order chi connectivity index (χ0) is 13.5. The third kappa shape index (κ3) is 4.03. The molecule has 0 aliphatic carbocycles. The molecule has 0 spiro atoms. The summed E-state index contributed by atoms with van der Waals surface area (Å²) in [5.41, 5.74) is 1.55. The summed E-state index contributed by atoms with van der Waals surface area (Å²) in [6.07, 6.45) is 6.76. The predicted octanol–water partition coefficient (Wildman–Crippen LogP) is 4.28. The summed E-state index contributed by atoms with van der Waals surface area (Å²) in [6.45, 7) is 0. The summed E-state index contributed by atoms with van der Waals surface area (Å²) < 4.78 is 12.7. The fraction of sp³-hybridized carbons (Fsp3) is 0. The topological polar surface area (TPSA) is 17.1 Å². The SMILES string of the molecule is O=C(/C=C/C=C/c1ccc(F)cc1)c1ccccc1. The van der Waals surface area contributed by atoms with Crippen LogP contribution in [0.3, 0.4) is 0 Å². The second kappa shape index (κ2) is 6.45. The number of carbonyl (C=O) groups is 1. The Kier molecular flexibility index (Phi) is 4.40. The second-order valence-corrected chi connectivity index (χ2v) is 4.00. The van der Waals surface area contributed by atoms with Crippen LogP contribution in [-0.2, 0) is 0 Å². The number of benzene rings is 2. The molecular formula is C17H13FO. The van der Waals surface area contributed by atoms with Gasteiger partial charge >= 0.3 is 0 Å². The normalized spacial score (nSPS) is 11.2. The Morgan fingerprint density at radius 1 is 0.895 bits per heavy atom. The van der Waals surface area contributed by atoms with Crippen molar-refractivity contribution in [3.8, 4) is 0 Å². The molecule has 2 aromatic carbocycles. The fourth-order valence-corrected chi connectivity index (χ4v) is 1.58. The molecule has 0 unspecified atom stereocenters. The Morgan fingerprint density at radius 2 is 1.58 bits per heavy atom. The molecule has 0 saturated heterocycles. The average Bonchev–Trinajstić information content (AvgIpc) is 2.46. The highest BCUT2D eigenvalue weighted by atomic mass is 19.1. The minimum absolute atomic E-state index is 0.0376. The van der Waals surface area contributed by atoms with E-state index in [-0.39, 0.29) is 11.6 Å². The van der Waals surface area contributed by atoms with Gasteiger partial charge in [-0.1, -0.05) is 60.7 Å². The van der Waals surface area contributed by atoms with Crippen molar-refractivity contribution in [1.29, 1.82) is 0 Å². The van der Waals surface area contributed by atoms with Gasteiger partial charge in [0.25, 0.3) is 0 Å². The van der Waals surface area contributed by atoms with E-state index in [0.717, 1.165) is 5.56 Å². The molecule has 2 rings (SSSR count). The van der Waals surface area contributed by atoms with Crippen LogP contribution >= 0.6 is 0 Å². The Labute approximate surface area is 111 Å². The van der Waals surface area contributed by atoms with Gasteiger partial charge < -0.3 is 0 Å². The van der Waals surface area contributed by atoms with Crippen molar-refractivity contribution < 1.29 is 9.18 Å². The van der Waals surface area contributed by atoms with Gasteiger partial charge in [0.05, 0.1) is 0 Å². The van der Waals surface area contributed by atoms with E-state index in [2.05, 4.69) is 0 Å². The number of allylic oxidation sites excluding steroid dienone is 3. The number of carbonyl (C=O) groups excluding carboxylic acids is 1. The van der Waals surface area contributed by atoms with Crippen LogP contribution in [0.15, 0.2) is 72.8 Å². The summed E-state index contributed by atoms with van der Waals surface area (Å²) in [5.74, 6) is -0.295. The molecule has 0 fully saturated rings. The van der Waals surface area contributed by atoms with Gasteiger partial charge in [-0.05, 0) is 23.8 Å². The van der Waals surface area contributed by atoms with Crippen molar-refractivity contribution in [3.63, 3.8) is 0 Å². The zero-order valence-electron chi connectivity index (χ0n) is 10.3. The summed E-state index contributed by atoms with van der Waals surface area (Å²) in [6, 6.07) is 15.2. The predicted molar refractivity (Wildman–Crippen MR) is 75.3 cm³/mol. The molecule has 0 amide bonds. The highest BCUT2D eigenvalue weighted by Gasteiger charge is 1.97. The molecule has 0 atom stereocenters. The molecule has 0 aliphatic rings. The van der Waals surface area contributed by atoms with Gasteiger partial charge in [-0.3, -0.25) is 4.79 Å². The minimum Gasteiger partial charge on any atom is -0.289 e. The first-order chi connectivity index (χ1) is 9.25. The number of rotatable bonds is 4. The van der Waals surface area contributed by atoms with Crippen molar-refractivity contribution in [2.45, 2.75) is 0 Å². The first kappa shape index (κ1) is 13.0. The van der Waals surface area contributed by atoms with Crippen LogP contribution in [0.4, 0.5) is 4.39 Å². The molecule has 94 valence electrons. The summed E-state index contributed by atoms with van der Waals surface area (Å²) in [4.78, 5) is 11.7. The molecule has 1 nitrogen and oxygen atoms in total. The van der Waals surface area contributed by atoms with E-state index in [4.69, 9.17) is 0 Å². The molecule has 0 radical (unpaired) electrons. The van der Waals surface area contributed by atoms with Crippen LogP contribution in [0.25, 0.3) is 6.08 Å². The quantitative estimate of drug-likeness (QED) is 0.451. The van der Waals surface area contributed by atoms with Crippen molar-refractivity contribution in [2.75, 3.05) is 0 Å². The Bertz CT molecular complexity index is 595. The van der Waals surface area contributed by atoms with Crippen LogP contribution in [0.5, 0.6) is 0 Å². The van der Waals surface area contributed by atoms with Gasteiger partial charge in [-0.15, -0.1) is 0 Å². The van der Waals surface area contributed by atoms with E-state index in [9.17, 15) is 9.18 Å². The average molecular weight is 252 g/mol. The van der Waals surface area contributed by atoms with E-state index in [1.54, 1.807) is 36.4 Å². The van der Waals surface area contributed by atoms with Crippen molar-refractivity contribution in [3.05, 3.63) is 89.8 Å². The Balaban J connectivity index is 1.97. The number of hydrogen-bond donors (Lipinski definition) is 0. The maximum atomic E-state index is 12.7. The van der Waals surface area contributed by atoms with Crippen LogP contribution < -0.4 is 0 Å². The second-order valence-electron chi connectivity index (χ2n) is 4.00. The summed E-state index contributed by atoms with van der Waals surface area (Å²) >= 11 is 0. The van der Waals surface area contributed by atoms with Gasteiger partial charge in [-0.25, -0.2) is 4.39 Å². The van der Waals surface area contributed by atoms with Gasteiger partial charge in [0.2, 0.25) is 0 Å². The Morgan fingerprint density at radius 3 is 2.26 bits per heavy atom. The monoisotopic (exact) mass is 252 g/mol. The maximum Gasteiger partial charge on any atom is 0.185 e. The van der Waals surface area contributed by atoms with Gasteiger partial charge in [0.1, 0.15) is 5.82 Å². The van der Waals surface area contributed by atoms with Gasteiger partial charge in [0.15, 0.2) is 5.78 Å². The third-order valence-electron chi connectivity index (χ3n) is 2.58. The molecule has 19 heavy (non-hydrogen) atoms. The van der Waals surface area contributed by atoms with E-state index in [1.165, 1.54) is 18.2 Å². The van der Waals surface area contributed by atoms with E-state index in [1.807, 2.05) is 24.3 Å². The smallest absolute Gasteiger partial charge is 0.185 e. The van der Waals surface area contributed by atoms with Gasteiger partial charge in [0, 0.05) is 5.56 Å². The highest BCUT2D eigenvalue weighted by molar-refractivity contribution is 6.04. The minimum atomic E-state index is -0.257. The van der Waals surface area contributed by atoms with E-state index in [0.29, 0.717) is 5.56 Å². The lowest BCUT2D eigenvalue weighted by molar-refractivity contribution is 0.104. The van der Waals surface area contributed by atoms with Crippen LogP contribution in [-0.4, -0.2) is 5.78 Å². The number of halogens is 1. The van der Waals surface area contributed by atoms with E-state index >= 15 is 0 Å². The molecule has 0 aromatic heterocycles. The first-order valence-electron chi connectivity index (χ1n) is 5.95. The molecule has 2 aromatic rings. The summed E-state index contributed by atoms with van der Waals surface area (Å²) in [7, 11) is 0. The van der Waals surface area contributed by atoms with Gasteiger partial charge in [-0.2, -0.15) is 0 Å². The third-order valence-corrected chi connectivity index (χ3v) is 2.58. The molecule has 2 heteroatoms. The van der Waals surface area contributed by atoms with Crippen LogP contribution in [0.1, 0.15) is 15.9 Å². The van der Waals surface area contributed by atoms with Crippen LogP contribution in [0, 0.1) is 5.82 Å². The first-order valence-corrected chi connectivity index (χ1v) is 5.95. The molecule has 0 N–H and O–H groups in total. The molecule has 0 saturated carbocycles. The summed E-state index contributed by atoms with van der Waals surface area (Å²) in [5, 5.41) is 0. The lowest BCUT2D eigenvalue weighted by Gasteiger charge is -1.93. The molecule has 0 bridgehead atoms. The highest BCUT2D eigenvalue weighted by Crippen LogP contribution is 2.05. The standard InChI is InChI=1S/C17H13FO/c18-16-12-10-14(11-13-16)6-4-5-9-17(19)15-7-2-1-3-8-15/h1-13H/b6-4+,9-5+. The molecule has 0 aliphatic heterocycles. The molecule has 0 heterocycles. The van der Waals surface area contributed by atoms with Crippen molar-refractivity contribution >= 4 is 11.9 Å². The molecular weight excluding hydrogens is 239 g/mol. The Hall–Kier alpha value is -2.48. The van der Waals surface area contributed by atoms with Crippen molar-refractivity contribution in [1.82, 2.24) is 0 Å². The number of ketones is 1. The number of hydrogen-bond acceptors (Lipinski definition) is 1.